The van der Waals surface area contributed by atoms with E-state index < -0.39 is 0 Å². The Bertz CT molecular complexity index is 228. The fourth-order valence-electron chi connectivity index (χ4n) is 0.637. The molecule has 2 heteroatoms. The molecule has 0 atom stereocenters. The molecule has 0 aliphatic heterocycles. The largest absolute Gasteiger partial charge is 0.490 e. The van der Waals surface area contributed by atoms with Gasteiger partial charge in [0.2, 0.25) is 0 Å². The fourth-order valence-corrected chi connectivity index (χ4v) is 0.637. The lowest BCUT2D eigenvalue weighted by molar-refractivity contribution is 0.362. The van der Waals surface area contributed by atoms with Crippen LogP contribution in [0.4, 0.5) is 4.39 Å². The molecule has 1 nitrogen and oxygen atoms in total. The molecule has 0 saturated carbocycles. The molecule has 1 aromatic carbocycles. The van der Waals surface area contributed by atoms with E-state index in [1.165, 1.54) is 12.1 Å². The second-order valence-corrected chi connectivity index (χ2v) is 1.97. The normalized spacial score (nSPS) is 9.18. The van der Waals surface area contributed by atoms with Crippen molar-refractivity contribution in [3.05, 3.63) is 42.7 Å². The van der Waals surface area contributed by atoms with E-state index in [4.69, 9.17) is 4.74 Å². The third-order valence-electron chi connectivity index (χ3n) is 1.11. The maximum absolute atomic E-state index is 12.3. The maximum atomic E-state index is 12.3. The van der Waals surface area contributed by atoms with Crippen LogP contribution in [0.1, 0.15) is 0 Å². The lowest BCUT2D eigenvalue weighted by atomic mass is 10.3. The van der Waals surface area contributed by atoms with Crippen molar-refractivity contribution in [1.82, 2.24) is 0 Å². The van der Waals surface area contributed by atoms with Gasteiger partial charge in [-0.3, -0.25) is 0 Å². The fraction of sp³-hybridized carbons (Fsp3) is 0.111. The zero-order chi connectivity index (χ0) is 8.10. The van der Waals surface area contributed by atoms with Gasteiger partial charge in [-0.2, -0.15) is 0 Å². The van der Waals surface area contributed by atoms with Gasteiger partial charge in [0.15, 0.2) is 0 Å². The SMILES string of the molecule is C=CCOc1c[c]c(F)cc1. The molecule has 0 aromatic heterocycles. The molecule has 57 valence electrons. The summed E-state index contributed by atoms with van der Waals surface area (Å²) in [5.41, 5.74) is 0. The number of hydrogen-bond donors (Lipinski definition) is 0. The Kier molecular flexibility index (Phi) is 2.66. The van der Waals surface area contributed by atoms with Crippen molar-refractivity contribution in [2.45, 2.75) is 0 Å². The van der Waals surface area contributed by atoms with Gasteiger partial charge in [-0.25, -0.2) is 4.39 Å². The van der Waals surface area contributed by atoms with Crippen molar-refractivity contribution in [2.75, 3.05) is 6.61 Å². The highest BCUT2D eigenvalue weighted by Gasteiger charge is 1.91. The number of benzene rings is 1. The summed E-state index contributed by atoms with van der Waals surface area (Å²) in [6.07, 6.45) is 1.63. The molecule has 1 rings (SSSR count). The van der Waals surface area contributed by atoms with Crippen LogP contribution >= 0.6 is 0 Å². The Labute approximate surface area is 65.1 Å². The summed E-state index contributed by atoms with van der Waals surface area (Å²) in [6.45, 7) is 3.91. The molecule has 0 amide bonds. The third kappa shape index (κ3) is 2.42. The van der Waals surface area contributed by atoms with Crippen molar-refractivity contribution >= 4 is 0 Å². The van der Waals surface area contributed by atoms with Gasteiger partial charge < -0.3 is 4.74 Å². The van der Waals surface area contributed by atoms with Crippen molar-refractivity contribution in [2.24, 2.45) is 0 Å². The standard InChI is InChI=1S/C9H8FO/c1-2-7-11-9-5-3-8(10)4-6-9/h2-3,5-6H,1,7H2. The molecule has 0 unspecified atom stereocenters. The molecular formula is C9H8FO. The number of rotatable bonds is 3. The van der Waals surface area contributed by atoms with E-state index in [9.17, 15) is 4.39 Å². The predicted molar refractivity (Wildman–Crippen MR) is 40.9 cm³/mol. The van der Waals surface area contributed by atoms with Crippen molar-refractivity contribution in [1.29, 1.82) is 0 Å². The van der Waals surface area contributed by atoms with Gasteiger partial charge in [-0.15, -0.1) is 0 Å². The number of halogens is 1. The van der Waals surface area contributed by atoms with Crippen LogP contribution in [-0.2, 0) is 0 Å². The van der Waals surface area contributed by atoms with Crippen LogP contribution in [0.2, 0.25) is 0 Å². The van der Waals surface area contributed by atoms with E-state index in [-0.39, 0.29) is 5.82 Å². The zero-order valence-electron chi connectivity index (χ0n) is 6.01. The first kappa shape index (κ1) is 7.79. The molecule has 0 aliphatic rings. The summed E-state index contributed by atoms with van der Waals surface area (Å²) < 4.78 is 17.4. The Hall–Kier alpha value is -1.31. The van der Waals surface area contributed by atoms with Crippen LogP contribution in [0.5, 0.6) is 5.75 Å². The van der Waals surface area contributed by atoms with Gasteiger partial charge in [0.1, 0.15) is 18.2 Å². The average molecular weight is 151 g/mol. The van der Waals surface area contributed by atoms with Gasteiger partial charge in [-0.05, 0) is 18.2 Å². The first-order valence-electron chi connectivity index (χ1n) is 3.24. The monoisotopic (exact) mass is 151 g/mol. The van der Waals surface area contributed by atoms with E-state index in [1.54, 1.807) is 12.1 Å². The van der Waals surface area contributed by atoms with Crippen LogP contribution in [0.25, 0.3) is 0 Å². The lowest BCUT2D eigenvalue weighted by Gasteiger charge is -2.00. The van der Waals surface area contributed by atoms with Crippen molar-refractivity contribution in [3.63, 3.8) is 0 Å². The minimum Gasteiger partial charge on any atom is -0.490 e. The van der Waals surface area contributed by atoms with Crippen LogP contribution in [0.15, 0.2) is 30.9 Å². The molecule has 0 N–H and O–H groups in total. The van der Waals surface area contributed by atoms with E-state index >= 15 is 0 Å². The molecule has 0 heterocycles. The van der Waals surface area contributed by atoms with Gasteiger partial charge in [-0.1, -0.05) is 12.7 Å². The topological polar surface area (TPSA) is 9.23 Å². The van der Waals surface area contributed by atoms with E-state index in [1.807, 2.05) is 0 Å². The number of ether oxygens (including phenoxy) is 1. The molecule has 0 spiro atoms. The molecule has 1 radical (unpaired) electrons. The van der Waals surface area contributed by atoms with E-state index in [0.29, 0.717) is 12.4 Å². The maximum Gasteiger partial charge on any atom is 0.131 e. The molecular weight excluding hydrogens is 143 g/mol. The summed E-state index contributed by atoms with van der Waals surface area (Å²) in [4.78, 5) is 0. The van der Waals surface area contributed by atoms with E-state index in [0.717, 1.165) is 0 Å². The zero-order valence-corrected chi connectivity index (χ0v) is 6.01. The lowest BCUT2D eigenvalue weighted by Crippen LogP contribution is -1.92. The minimum absolute atomic E-state index is 0.379. The molecule has 0 aliphatic carbocycles. The molecule has 11 heavy (non-hydrogen) atoms. The van der Waals surface area contributed by atoms with Crippen molar-refractivity contribution in [3.8, 4) is 5.75 Å². The van der Waals surface area contributed by atoms with Crippen LogP contribution < -0.4 is 4.74 Å². The highest BCUT2D eigenvalue weighted by Crippen LogP contribution is 2.09. The van der Waals surface area contributed by atoms with Crippen molar-refractivity contribution < 1.29 is 9.13 Å². The van der Waals surface area contributed by atoms with Gasteiger partial charge in [0.05, 0.1) is 0 Å². The molecule has 0 fully saturated rings. The van der Waals surface area contributed by atoms with Gasteiger partial charge in [0.25, 0.3) is 0 Å². The van der Waals surface area contributed by atoms with Crippen LogP contribution in [0.3, 0.4) is 0 Å². The first-order valence-corrected chi connectivity index (χ1v) is 3.24. The molecule has 0 bridgehead atoms. The number of hydrogen-bond acceptors (Lipinski definition) is 1. The smallest absolute Gasteiger partial charge is 0.131 e. The Morgan fingerprint density at radius 2 is 2.45 bits per heavy atom. The van der Waals surface area contributed by atoms with Crippen LogP contribution in [0, 0.1) is 11.9 Å². The summed E-state index contributed by atoms with van der Waals surface area (Å²) >= 11 is 0. The Morgan fingerprint density at radius 3 is 3.00 bits per heavy atom. The third-order valence-corrected chi connectivity index (χ3v) is 1.11. The highest BCUT2D eigenvalue weighted by molar-refractivity contribution is 5.21. The molecule has 1 aromatic rings. The summed E-state index contributed by atoms with van der Waals surface area (Å²) in [5, 5.41) is 0. The second-order valence-electron chi connectivity index (χ2n) is 1.97. The Balaban J connectivity index is 2.58. The average Bonchev–Trinajstić information content (AvgIpc) is 2.04. The minimum atomic E-state index is -0.379. The van der Waals surface area contributed by atoms with Gasteiger partial charge in [0, 0.05) is 6.07 Å². The quantitative estimate of drug-likeness (QED) is 0.601. The predicted octanol–water partition coefficient (Wildman–Crippen LogP) is 2.19. The summed E-state index contributed by atoms with van der Waals surface area (Å²) in [6, 6.07) is 6.69. The summed E-state index contributed by atoms with van der Waals surface area (Å²) in [7, 11) is 0. The second kappa shape index (κ2) is 3.76. The summed E-state index contributed by atoms with van der Waals surface area (Å²) in [5.74, 6) is 0.224. The molecule has 0 saturated heterocycles. The Morgan fingerprint density at radius 1 is 1.64 bits per heavy atom. The van der Waals surface area contributed by atoms with Gasteiger partial charge >= 0.3 is 0 Å². The highest BCUT2D eigenvalue weighted by atomic mass is 19.1. The first-order chi connectivity index (χ1) is 5.33. The van der Waals surface area contributed by atoms with Crippen LogP contribution in [-0.4, -0.2) is 6.61 Å². The van der Waals surface area contributed by atoms with E-state index in [2.05, 4.69) is 12.6 Å².